The number of rotatable bonds is 8. The molecular weight excluding hydrogens is 272 g/mol. The largest absolute Gasteiger partial charge is 0.493 e. The first-order valence-electron chi connectivity index (χ1n) is 5.88. The Labute approximate surface area is 115 Å². The van der Waals surface area contributed by atoms with Gasteiger partial charge in [-0.1, -0.05) is 6.07 Å². The summed E-state index contributed by atoms with van der Waals surface area (Å²) >= 11 is 0. The molecule has 0 spiro atoms. The predicted molar refractivity (Wildman–Crippen MR) is 68.9 cm³/mol. The summed E-state index contributed by atoms with van der Waals surface area (Å²) in [5, 5.41) is 5.44. The summed E-state index contributed by atoms with van der Waals surface area (Å²) in [5.41, 5.74) is 5.66. The van der Waals surface area contributed by atoms with Gasteiger partial charge in [-0.15, -0.1) is 0 Å². The Morgan fingerprint density at radius 2 is 2.10 bits per heavy atom. The van der Waals surface area contributed by atoms with Crippen LogP contribution in [0.15, 0.2) is 18.2 Å². The lowest BCUT2D eigenvalue weighted by Crippen LogP contribution is -2.35. The van der Waals surface area contributed by atoms with Crippen LogP contribution in [0.25, 0.3) is 0 Å². The van der Waals surface area contributed by atoms with E-state index in [0.717, 1.165) is 5.56 Å². The molecule has 2 amide bonds. The molecule has 1 aromatic carbocycles. The van der Waals surface area contributed by atoms with Gasteiger partial charge in [-0.3, -0.25) is 0 Å². The predicted octanol–water partition coefficient (Wildman–Crippen LogP) is 1.05. The Kier molecular flexibility index (Phi) is 6.51. The van der Waals surface area contributed by atoms with E-state index in [1.54, 1.807) is 12.1 Å². The number of alkyl halides is 2. The number of benzene rings is 1. The number of carbonyl (C=O) groups is 1. The van der Waals surface area contributed by atoms with E-state index in [1.807, 2.05) is 0 Å². The van der Waals surface area contributed by atoms with Gasteiger partial charge >= 0.3 is 12.6 Å². The summed E-state index contributed by atoms with van der Waals surface area (Å²) in [4.78, 5) is 10.4. The summed E-state index contributed by atoms with van der Waals surface area (Å²) < 4.78 is 33.8. The molecule has 0 aliphatic heterocycles. The van der Waals surface area contributed by atoms with Crippen molar-refractivity contribution in [1.82, 2.24) is 10.6 Å². The van der Waals surface area contributed by atoms with Crippen molar-refractivity contribution in [2.45, 2.75) is 13.2 Å². The average Bonchev–Trinajstić information content (AvgIpc) is 2.37. The molecule has 4 N–H and O–H groups in total. The van der Waals surface area contributed by atoms with Crippen LogP contribution in [0, 0.1) is 0 Å². The second kappa shape index (κ2) is 8.16. The van der Waals surface area contributed by atoms with Crippen LogP contribution >= 0.6 is 0 Å². The van der Waals surface area contributed by atoms with Gasteiger partial charge in [0, 0.05) is 19.6 Å². The summed E-state index contributed by atoms with van der Waals surface area (Å²) in [6, 6.07) is 4.16. The van der Waals surface area contributed by atoms with Gasteiger partial charge in [0.15, 0.2) is 11.5 Å². The molecule has 0 atom stereocenters. The van der Waals surface area contributed by atoms with Crippen LogP contribution in [0.2, 0.25) is 0 Å². The number of nitrogens with two attached hydrogens (primary N) is 1. The second-order valence-electron chi connectivity index (χ2n) is 3.83. The molecule has 0 fully saturated rings. The third-order valence-electron chi connectivity index (χ3n) is 2.37. The molecule has 0 heterocycles. The Morgan fingerprint density at radius 1 is 1.35 bits per heavy atom. The Hall–Kier alpha value is -2.09. The molecule has 0 bridgehead atoms. The van der Waals surface area contributed by atoms with E-state index < -0.39 is 12.6 Å². The molecule has 0 aliphatic rings. The van der Waals surface area contributed by atoms with Crippen LogP contribution in [0.5, 0.6) is 11.5 Å². The molecule has 0 saturated carbocycles. The van der Waals surface area contributed by atoms with Crippen molar-refractivity contribution in [3.63, 3.8) is 0 Å². The fourth-order valence-electron chi connectivity index (χ4n) is 1.53. The average molecular weight is 289 g/mol. The highest BCUT2D eigenvalue weighted by Crippen LogP contribution is 2.29. The highest BCUT2D eigenvalue weighted by Gasteiger charge is 2.11. The number of hydrogen-bond acceptors (Lipinski definition) is 4. The molecule has 1 rings (SSSR count). The van der Waals surface area contributed by atoms with Crippen molar-refractivity contribution in [3.8, 4) is 11.5 Å². The molecule has 20 heavy (non-hydrogen) atoms. The van der Waals surface area contributed by atoms with Crippen LogP contribution in [0.3, 0.4) is 0 Å². The normalized spacial score (nSPS) is 10.4. The third kappa shape index (κ3) is 5.70. The van der Waals surface area contributed by atoms with Gasteiger partial charge in [-0.05, 0) is 17.7 Å². The highest BCUT2D eigenvalue weighted by atomic mass is 19.3. The van der Waals surface area contributed by atoms with E-state index in [4.69, 9.17) is 10.5 Å². The molecular formula is C12H17F2N3O3. The number of amides is 2. The zero-order valence-corrected chi connectivity index (χ0v) is 11.0. The maximum Gasteiger partial charge on any atom is 0.387 e. The number of nitrogens with one attached hydrogen (secondary N) is 2. The Balaban J connectivity index is 2.51. The maximum atomic E-state index is 12.3. The van der Waals surface area contributed by atoms with Crippen LogP contribution in [0.4, 0.5) is 13.6 Å². The van der Waals surface area contributed by atoms with E-state index in [1.165, 1.54) is 13.2 Å². The second-order valence-corrected chi connectivity index (χ2v) is 3.83. The quantitative estimate of drug-likeness (QED) is 0.625. The lowest BCUT2D eigenvalue weighted by atomic mass is 10.2. The number of halogens is 2. The number of carbonyl (C=O) groups excluding carboxylic acids is 1. The summed E-state index contributed by atoms with van der Waals surface area (Å²) in [7, 11) is 1.38. The topological polar surface area (TPSA) is 85.6 Å². The molecule has 6 nitrogen and oxygen atoms in total. The molecule has 8 heteroatoms. The van der Waals surface area contributed by atoms with E-state index in [0.29, 0.717) is 19.6 Å². The van der Waals surface area contributed by atoms with Crippen molar-refractivity contribution in [1.29, 1.82) is 0 Å². The molecule has 0 radical (unpaired) electrons. The van der Waals surface area contributed by atoms with Gasteiger partial charge in [0.2, 0.25) is 0 Å². The zero-order valence-electron chi connectivity index (χ0n) is 11.0. The van der Waals surface area contributed by atoms with E-state index in [-0.39, 0.29) is 11.5 Å². The van der Waals surface area contributed by atoms with Gasteiger partial charge in [0.25, 0.3) is 0 Å². The molecule has 0 aromatic heterocycles. The number of ether oxygens (including phenoxy) is 2. The van der Waals surface area contributed by atoms with Crippen LogP contribution in [-0.4, -0.2) is 32.8 Å². The summed E-state index contributed by atoms with van der Waals surface area (Å²) in [6.07, 6.45) is 0. The van der Waals surface area contributed by atoms with Gasteiger partial charge in [-0.2, -0.15) is 8.78 Å². The van der Waals surface area contributed by atoms with Gasteiger partial charge in [0.1, 0.15) is 0 Å². The number of hydrogen-bond donors (Lipinski definition) is 3. The van der Waals surface area contributed by atoms with Gasteiger partial charge < -0.3 is 25.8 Å². The van der Waals surface area contributed by atoms with Crippen molar-refractivity contribution in [2.75, 3.05) is 20.2 Å². The Bertz CT molecular complexity index is 444. The fourth-order valence-corrected chi connectivity index (χ4v) is 1.53. The van der Waals surface area contributed by atoms with Crippen molar-refractivity contribution in [2.24, 2.45) is 5.73 Å². The minimum absolute atomic E-state index is 0.0166. The number of urea groups is 1. The summed E-state index contributed by atoms with van der Waals surface area (Å²) in [6.45, 7) is -1.59. The Morgan fingerprint density at radius 3 is 2.70 bits per heavy atom. The smallest absolute Gasteiger partial charge is 0.387 e. The van der Waals surface area contributed by atoms with Crippen molar-refractivity contribution >= 4 is 6.03 Å². The van der Waals surface area contributed by atoms with Gasteiger partial charge in [0.05, 0.1) is 7.11 Å². The molecule has 1 aromatic rings. The monoisotopic (exact) mass is 289 g/mol. The van der Waals surface area contributed by atoms with Crippen molar-refractivity contribution in [3.05, 3.63) is 23.8 Å². The lowest BCUT2D eigenvalue weighted by Gasteiger charge is -2.12. The number of primary amides is 1. The van der Waals surface area contributed by atoms with E-state index >= 15 is 0 Å². The summed E-state index contributed by atoms with van der Waals surface area (Å²) in [5.74, 6) is 0.224. The van der Waals surface area contributed by atoms with Crippen LogP contribution in [0.1, 0.15) is 5.56 Å². The van der Waals surface area contributed by atoms with Gasteiger partial charge in [-0.25, -0.2) is 4.79 Å². The molecule has 112 valence electrons. The third-order valence-corrected chi connectivity index (χ3v) is 2.37. The van der Waals surface area contributed by atoms with E-state index in [2.05, 4.69) is 15.4 Å². The standard InChI is InChI=1S/C12H17F2N3O3/c1-19-9-3-2-8(6-10(9)20-11(13)14)7-16-4-5-17-12(15)18/h2-3,6,11,16H,4-5,7H2,1H3,(H3,15,17,18). The highest BCUT2D eigenvalue weighted by molar-refractivity contribution is 5.71. The van der Waals surface area contributed by atoms with E-state index in [9.17, 15) is 13.6 Å². The number of methoxy groups -OCH3 is 1. The fraction of sp³-hybridized carbons (Fsp3) is 0.417. The minimum Gasteiger partial charge on any atom is -0.493 e. The molecule has 0 aliphatic carbocycles. The molecule has 0 saturated heterocycles. The SMILES string of the molecule is COc1ccc(CNCCNC(N)=O)cc1OC(F)F. The lowest BCUT2D eigenvalue weighted by molar-refractivity contribution is -0.0512. The first-order valence-corrected chi connectivity index (χ1v) is 5.88. The first kappa shape index (κ1) is 16.0. The van der Waals surface area contributed by atoms with Crippen LogP contribution in [-0.2, 0) is 6.54 Å². The maximum absolute atomic E-state index is 12.3. The first-order chi connectivity index (χ1) is 9.52. The molecule has 0 unspecified atom stereocenters. The zero-order chi connectivity index (χ0) is 15.0. The van der Waals surface area contributed by atoms with Crippen molar-refractivity contribution < 1.29 is 23.0 Å². The van der Waals surface area contributed by atoms with Crippen LogP contribution < -0.4 is 25.8 Å². The minimum atomic E-state index is -2.91.